The van der Waals surface area contributed by atoms with E-state index in [0.29, 0.717) is 12.8 Å². The van der Waals surface area contributed by atoms with E-state index in [1.54, 1.807) is 24.8 Å². The van der Waals surface area contributed by atoms with Crippen LogP contribution in [0, 0.1) is 0 Å². The van der Waals surface area contributed by atoms with Crippen molar-refractivity contribution in [2.75, 3.05) is 38.2 Å². The number of hydrazine groups is 1. The van der Waals surface area contributed by atoms with Gasteiger partial charge in [0.05, 0.1) is 11.1 Å². The zero-order valence-corrected chi connectivity index (χ0v) is 20.3. The maximum Gasteiger partial charge on any atom is 0.252 e. The minimum atomic E-state index is -0.664. The molecular formula is C25H29Cl2N5O. The zero-order chi connectivity index (χ0) is 21.3. The van der Waals surface area contributed by atoms with Crippen molar-refractivity contribution in [1.82, 2.24) is 19.9 Å². The Bertz CT molecular complexity index is 1020. The first-order valence-corrected chi connectivity index (χ1v) is 10.8. The molecule has 2 aliphatic rings. The number of para-hydroxylation sites is 1. The first kappa shape index (κ1) is 25.1. The van der Waals surface area contributed by atoms with E-state index in [0.717, 1.165) is 48.6 Å². The molecule has 2 aromatic heterocycles. The number of hydrogen-bond acceptors (Lipinski definition) is 5. The lowest BCUT2D eigenvalue weighted by Gasteiger charge is -2.39. The third-order valence-electron chi connectivity index (χ3n) is 6.52. The van der Waals surface area contributed by atoms with Crippen LogP contribution in [-0.4, -0.2) is 59.0 Å². The number of hydrogen-bond donors (Lipinski definition) is 0. The Kier molecular flexibility index (Phi) is 8.08. The number of pyridine rings is 2. The molecule has 1 amide bonds. The molecule has 2 aliphatic heterocycles. The summed E-state index contributed by atoms with van der Waals surface area (Å²) < 4.78 is 0. The van der Waals surface area contributed by atoms with Crippen LogP contribution < -0.4 is 5.01 Å². The molecule has 0 bridgehead atoms. The van der Waals surface area contributed by atoms with Crippen molar-refractivity contribution in [3.63, 3.8) is 0 Å². The minimum absolute atomic E-state index is 0. The van der Waals surface area contributed by atoms with Crippen molar-refractivity contribution >= 4 is 36.4 Å². The number of piperazine rings is 1. The number of benzene rings is 1. The predicted molar refractivity (Wildman–Crippen MR) is 135 cm³/mol. The Balaban J connectivity index is 0.00000153. The molecule has 33 heavy (non-hydrogen) atoms. The fraction of sp³-hybridized carbons (Fsp3) is 0.320. The lowest BCUT2D eigenvalue weighted by Crippen LogP contribution is -2.57. The summed E-state index contributed by atoms with van der Waals surface area (Å²) in [6, 6.07) is 16.4. The van der Waals surface area contributed by atoms with Gasteiger partial charge in [-0.25, -0.2) is 10.0 Å². The van der Waals surface area contributed by atoms with E-state index >= 15 is 0 Å². The van der Waals surface area contributed by atoms with Gasteiger partial charge in [-0.1, -0.05) is 18.2 Å². The van der Waals surface area contributed by atoms with Crippen LogP contribution in [-0.2, 0) is 23.1 Å². The van der Waals surface area contributed by atoms with Gasteiger partial charge in [0.15, 0.2) is 0 Å². The van der Waals surface area contributed by atoms with Gasteiger partial charge in [-0.2, -0.15) is 0 Å². The molecule has 0 atom stereocenters. The van der Waals surface area contributed by atoms with Crippen molar-refractivity contribution in [3.8, 4) is 0 Å². The number of rotatable bonds is 5. The second-order valence-corrected chi connectivity index (χ2v) is 8.54. The first-order chi connectivity index (χ1) is 15.2. The quantitative estimate of drug-likeness (QED) is 0.552. The number of nitrogens with zero attached hydrogens (tertiary/aromatic N) is 5. The average molecular weight is 486 g/mol. The van der Waals surface area contributed by atoms with Crippen molar-refractivity contribution < 1.29 is 4.79 Å². The molecule has 8 heteroatoms. The molecule has 0 aliphatic carbocycles. The topological polar surface area (TPSA) is 52.6 Å². The molecular weight excluding hydrogens is 457 g/mol. The number of fused-ring (bicyclic) bond motifs is 1. The summed E-state index contributed by atoms with van der Waals surface area (Å²) in [6.07, 6.45) is 8.49. The lowest BCUT2D eigenvalue weighted by atomic mass is 9.72. The predicted octanol–water partition coefficient (Wildman–Crippen LogP) is 3.55. The van der Waals surface area contributed by atoms with Crippen LogP contribution in [0.3, 0.4) is 0 Å². The Morgan fingerprint density at radius 2 is 1.30 bits per heavy atom. The first-order valence-electron chi connectivity index (χ1n) is 10.8. The molecule has 174 valence electrons. The second kappa shape index (κ2) is 10.6. The number of carbonyl (C=O) groups excluding carboxylic acids is 1. The van der Waals surface area contributed by atoms with Crippen LogP contribution in [0.15, 0.2) is 73.3 Å². The maximum absolute atomic E-state index is 14.3. The SMILES string of the molecule is CN1CCN(N2C(=O)C(Cc3ccncc3)(Cc3ccncc3)c3ccccc32)CC1.Cl.Cl. The van der Waals surface area contributed by atoms with Crippen LogP contribution in [0.1, 0.15) is 16.7 Å². The molecule has 4 heterocycles. The number of carbonyl (C=O) groups is 1. The van der Waals surface area contributed by atoms with Crippen LogP contribution in [0.2, 0.25) is 0 Å². The van der Waals surface area contributed by atoms with E-state index in [-0.39, 0.29) is 30.7 Å². The molecule has 1 saturated heterocycles. The second-order valence-electron chi connectivity index (χ2n) is 8.54. The van der Waals surface area contributed by atoms with Crippen molar-refractivity contribution in [2.45, 2.75) is 18.3 Å². The van der Waals surface area contributed by atoms with Gasteiger partial charge >= 0.3 is 0 Å². The molecule has 6 nitrogen and oxygen atoms in total. The van der Waals surface area contributed by atoms with Crippen LogP contribution in [0.4, 0.5) is 5.69 Å². The standard InChI is InChI=1S/C25H27N5O.2ClH/c1-28-14-16-29(17-15-28)30-23-5-3-2-4-22(23)25(24(30)31,18-20-6-10-26-11-7-20)19-21-8-12-27-13-9-21;;/h2-13H,14-19H2,1H3;2*1H. The molecule has 0 N–H and O–H groups in total. The van der Waals surface area contributed by atoms with Crippen molar-refractivity contribution in [3.05, 3.63) is 90.0 Å². The van der Waals surface area contributed by atoms with E-state index < -0.39 is 5.41 Å². The Hall–Kier alpha value is -2.51. The normalized spacial score (nSPS) is 17.7. The zero-order valence-electron chi connectivity index (χ0n) is 18.6. The van der Waals surface area contributed by atoms with Gasteiger partial charge in [-0.05, 0) is 66.9 Å². The minimum Gasteiger partial charge on any atom is -0.304 e. The van der Waals surface area contributed by atoms with Gasteiger partial charge in [-0.3, -0.25) is 14.8 Å². The highest BCUT2D eigenvalue weighted by Gasteiger charge is 2.52. The number of likely N-dealkylation sites (N-methyl/N-ethyl adjacent to an activating group) is 1. The number of halogens is 2. The summed E-state index contributed by atoms with van der Waals surface area (Å²) in [5.41, 5.74) is 3.69. The molecule has 1 aromatic carbocycles. The molecule has 3 aromatic rings. The Morgan fingerprint density at radius 3 is 1.85 bits per heavy atom. The highest BCUT2D eigenvalue weighted by atomic mass is 35.5. The molecule has 0 unspecified atom stereocenters. The highest BCUT2D eigenvalue weighted by molar-refractivity contribution is 6.08. The van der Waals surface area contributed by atoms with E-state index in [2.05, 4.69) is 39.1 Å². The van der Waals surface area contributed by atoms with E-state index in [1.807, 2.05) is 41.4 Å². The van der Waals surface area contributed by atoms with E-state index in [1.165, 1.54) is 0 Å². The van der Waals surface area contributed by atoms with Gasteiger partial charge in [0, 0.05) is 51.0 Å². The number of anilines is 1. The van der Waals surface area contributed by atoms with Crippen LogP contribution in [0.25, 0.3) is 0 Å². The molecule has 0 saturated carbocycles. The summed E-state index contributed by atoms with van der Waals surface area (Å²) in [4.78, 5) is 25.0. The van der Waals surface area contributed by atoms with Crippen LogP contribution >= 0.6 is 24.8 Å². The van der Waals surface area contributed by atoms with Gasteiger partial charge < -0.3 is 4.90 Å². The van der Waals surface area contributed by atoms with Crippen LogP contribution in [0.5, 0.6) is 0 Å². The fourth-order valence-corrected chi connectivity index (χ4v) is 4.87. The molecule has 5 rings (SSSR count). The summed E-state index contributed by atoms with van der Waals surface area (Å²) in [7, 11) is 2.13. The summed E-state index contributed by atoms with van der Waals surface area (Å²) >= 11 is 0. The fourth-order valence-electron chi connectivity index (χ4n) is 4.87. The Morgan fingerprint density at radius 1 is 0.788 bits per heavy atom. The third-order valence-corrected chi connectivity index (χ3v) is 6.52. The van der Waals surface area contributed by atoms with Gasteiger partial charge in [0.1, 0.15) is 0 Å². The molecule has 0 radical (unpaired) electrons. The largest absolute Gasteiger partial charge is 0.304 e. The third kappa shape index (κ3) is 4.75. The van der Waals surface area contributed by atoms with E-state index in [4.69, 9.17) is 0 Å². The Labute approximate surface area is 207 Å². The molecule has 1 fully saturated rings. The number of aromatic nitrogens is 2. The summed E-state index contributed by atoms with van der Waals surface area (Å²) in [5, 5.41) is 4.19. The lowest BCUT2D eigenvalue weighted by molar-refractivity contribution is -0.126. The maximum atomic E-state index is 14.3. The summed E-state index contributed by atoms with van der Waals surface area (Å²) in [5.74, 6) is 0.159. The van der Waals surface area contributed by atoms with Gasteiger partial charge in [0.2, 0.25) is 0 Å². The summed E-state index contributed by atoms with van der Waals surface area (Å²) in [6.45, 7) is 3.59. The highest BCUT2D eigenvalue weighted by Crippen LogP contribution is 2.46. The van der Waals surface area contributed by atoms with Crippen molar-refractivity contribution in [2.24, 2.45) is 0 Å². The van der Waals surface area contributed by atoms with E-state index in [9.17, 15) is 4.79 Å². The number of amides is 1. The smallest absolute Gasteiger partial charge is 0.252 e. The molecule has 0 spiro atoms. The monoisotopic (exact) mass is 485 g/mol. The van der Waals surface area contributed by atoms with Crippen molar-refractivity contribution in [1.29, 1.82) is 0 Å². The van der Waals surface area contributed by atoms with Gasteiger partial charge in [0.25, 0.3) is 5.91 Å². The average Bonchev–Trinajstić information content (AvgIpc) is 3.04. The van der Waals surface area contributed by atoms with Gasteiger partial charge in [-0.15, -0.1) is 24.8 Å².